The van der Waals surface area contributed by atoms with Gasteiger partial charge in [0.1, 0.15) is 16.7 Å². The van der Waals surface area contributed by atoms with E-state index in [4.69, 9.17) is 23.2 Å². The molecule has 23 heavy (non-hydrogen) atoms. The molecule has 0 aliphatic carbocycles. The molecular formula is C14H6Cl2F4N2O. The highest BCUT2D eigenvalue weighted by Gasteiger charge is 2.17. The second-order valence-electron chi connectivity index (χ2n) is 4.17. The molecule has 3 nitrogen and oxygen atoms in total. The molecule has 2 amide bonds. The average Bonchev–Trinajstić information content (AvgIpc) is 2.50. The van der Waals surface area contributed by atoms with Gasteiger partial charge in [-0.15, -0.1) is 0 Å². The van der Waals surface area contributed by atoms with Crippen molar-refractivity contribution in [2.75, 3.05) is 5.32 Å². The van der Waals surface area contributed by atoms with Gasteiger partial charge in [-0.25, -0.2) is 27.3 Å². The van der Waals surface area contributed by atoms with Gasteiger partial charge in [0.05, 0.1) is 16.3 Å². The second-order valence-corrected chi connectivity index (χ2v) is 4.96. The average molecular weight is 365 g/mol. The number of nitrogens with zero attached hydrogens (tertiary/aromatic N) is 1. The fourth-order valence-corrected chi connectivity index (χ4v) is 2.02. The van der Waals surface area contributed by atoms with Crippen LogP contribution in [0.5, 0.6) is 0 Å². The first kappa shape index (κ1) is 17.2. The van der Waals surface area contributed by atoms with Crippen LogP contribution in [0.25, 0.3) is 0 Å². The van der Waals surface area contributed by atoms with E-state index in [-0.39, 0.29) is 0 Å². The van der Waals surface area contributed by atoms with Gasteiger partial charge in [0.2, 0.25) is 0 Å². The number of carbonyl (C=O) groups is 1. The van der Waals surface area contributed by atoms with E-state index >= 15 is 0 Å². The van der Waals surface area contributed by atoms with Crippen LogP contribution in [-0.2, 0) is 0 Å². The zero-order valence-corrected chi connectivity index (χ0v) is 12.5. The summed E-state index contributed by atoms with van der Waals surface area (Å²) in [7, 11) is 0. The molecule has 0 spiro atoms. The molecule has 0 unspecified atom stereocenters. The van der Waals surface area contributed by atoms with E-state index in [1.165, 1.54) is 0 Å². The Balaban J connectivity index is 2.22. The molecule has 2 aromatic carbocycles. The lowest BCUT2D eigenvalue weighted by Gasteiger charge is -2.07. The van der Waals surface area contributed by atoms with Crippen molar-refractivity contribution in [1.29, 1.82) is 0 Å². The molecular weight excluding hydrogens is 359 g/mol. The molecule has 9 heteroatoms. The minimum absolute atomic E-state index is 0.518. The van der Waals surface area contributed by atoms with Crippen LogP contribution < -0.4 is 5.32 Å². The lowest BCUT2D eigenvalue weighted by molar-refractivity contribution is 0.259. The van der Waals surface area contributed by atoms with E-state index in [1.807, 2.05) is 5.32 Å². The van der Waals surface area contributed by atoms with E-state index in [9.17, 15) is 22.4 Å². The number of urea groups is 1. The maximum absolute atomic E-state index is 13.7. The first-order valence-electron chi connectivity index (χ1n) is 5.93. The van der Waals surface area contributed by atoms with Crippen molar-refractivity contribution in [2.45, 2.75) is 0 Å². The Morgan fingerprint density at radius 1 is 1.09 bits per heavy atom. The number of aliphatic imine (C=N–C) groups is 1. The second kappa shape index (κ2) is 6.97. The minimum atomic E-state index is -1.26. The number of hydrogen-bond acceptors (Lipinski definition) is 1. The van der Waals surface area contributed by atoms with Crippen molar-refractivity contribution < 1.29 is 22.4 Å². The highest BCUT2D eigenvalue weighted by atomic mass is 35.5. The quantitative estimate of drug-likeness (QED) is 0.338. The zero-order valence-electron chi connectivity index (χ0n) is 11.0. The molecule has 2 rings (SSSR count). The van der Waals surface area contributed by atoms with Gasteiger partial charge in [-0.2, -0.15) is 0 Å². The summed E-state index contributed by atoms with van der Waals surface area (Å²) in [5.74, 6) is -4.30. The molecule has 2 aromatic rings. The van der Waals surface area contributed by atoms with Gasteiger partial charge in [-0.1, -0.05) is 29.3 Å². The van der Waals surface area contributed by atoms with Crippen molar-refractivity contribution in [2.24, 2.45) is 4.99 Å². The number of amides is 2. The molecule has 0 aliphatic heterocycles. The van der Waals surface area contributed by atoms with Crippen LogP contribution in [-0.4, -0.2) is 12.2 Å². The van der Waals surface area contributed by atoms with Crippen molar-refractivity contribution in [3.63, 3.8) is 0 Å². The van der Waals surface area contributed by atoms with Gasteiger partial charge in [-0.05, 0) is 18.2 Å². The van der Waals surface area contributed by atoms with Crippen LogP contribution in [0.1, 0.15) is 5.56 Å². The summed E-state index contributed by atoms with van der Waals surface area (Å²) in [5, 5.41) is 0.513. The van der Waals surface area contributed by atoms with Crippen LogP contribution in [0.15, 0.2) is 29.3 Å². The summed E-state index contributed by atoms with van der Waals surface area (Å²) in [4.78, 5) is 14.8. The molecule has 120 valence electrons. The van der Waals surface area contributed by atoms with Crippen molar-refractivity contribution >= 4 is 41.1 Å². The number of hydrogen-bond donors (Lipinski definition) is 1. The Hall–Kier alpha value is -2.12. The molecule has 0 heterocycles. The van der Waals surface area contributed by atoms with E-state index in [0.29, 0.717) is 6.21 Å². The van der Waals surface area contributed by atoms with Crippen LogP contribution in [0, 0.1) is 23.3 Å². The Kier molecular flexibility index (Phi) is 5.23. The summed E-state index contributed by atoms with van der Waals surface area (Å²) in [6, 6.07) is 2.71. The summed E-state index contributed by atoms with van der Waals surface area (Å²) in [6.07, 6.45) is 0.630. The first-order valence-corrected chi connectivity index (χ1v) is 6.69. The van der Waals surface area contributed by atoms with Crippen LogP contribution in [0.3, 0.4) is 0 Å². The van der Waals surface area contributed by atoms with Gasteiger partial charge in [0.15, 0.2) is 11.6 Å². The lowest BCUT2D eigenvalue weighted by atomic mass is 10.2. The maximum Gasteiger partial charge on any atom is 0.345 e. The van der Waals surface area contributed by atoms with Gasteiger partial charge in [0.25, 0.3) is 0 Å². The molecule has 0 radical (unpaired) electrons. The van der Waals surface area contributed by atoms with Crippen LogP contribution in [0.4, 0.5) is 28.0 Å². The number of benzene rings is 2. The Morgan fingerprint density at radius 2 is 1.70 bits per heavy atom. The fourth-order valence-electron chi connectivity index (χ4n) is 1.57. The van der Waals surface area contributed by atoms with E-state index in [1.54, 1.807) is 0 Å². The monoisotopic (exact) mass is 364 g/mol. The molecule has 0 bridgehead atoms. The standard InChI is InChI=1S/C14H6Cl2F4N2O/c15-7-4-10(13(20)11(16)12(7)19)22-14(23)21-5-6-8(17)2-1-3-9(6)18/h1-5H,(H,22,23). The molecule has 0 aliphatic rings. The summed E-state index contributed by atoms with van der Waals surface area (Å²) < 4.78 is 53.6. The number of halogens is 6. The third-order valence-electron chi connectivity index (χ3n) is 2.65. The highest BCUT2D eigenvalue weighted by Crippen LogP contribution is 2.31. The lowest BCUT2D eigenvalue weighted by Crippen LogP contribution is -2.09. The Morgan fingerprint density at radius 3 is 2.30 bits per heavy atom. The van der Waals surface area contributed by atoms with Crippen LogP contribution in [0.2, 0.25) is 10.0 Å². The third-order valence-corrected chi connectivity index (χ3v) is 3.26. The van der Waals surface area contributed by atoms with E-state index in [0.717, 1.165) is 24.3 Å². The van der Waals surface area contributed by atoms with Gasteiger partial charge in [-0.3, -0.25) is 0 Å². The number of carbonyl (C=O) groups excluding carboxylic acids is 1. The van der Waals surface area contributed by atoms with Gasteiger partial charge < -0.3 is 5.32 Å². The van der Waals surface area contributed by atoms with Gasteiger partial charge >= 0.3 is 6.03 Å². The summed E-state index contributed by atoms with van der Waals surface area (Å²) in [6.45, 7) is 0. The normalized spacial score (nSPS) is 11.0. The maximum atomic E-state index is 13.7. The number of anilines is 1. The Labute approximate surface area is 137 Å². The molecule has 0 aromatic heterocycles. The smallest absolute Gasteiger partial charge is 0.303 e. The highest BCUT2D eigenvalue weighted by molar-refractivity contribution is 6.35. The molecule has 0 atom stereocenters. The number of nitrogens with one attached hydrogen (secondary N) is 1. The van der Waals surface area contributed by atoms with Crippen LogP contribution >= 0.6 is 23.2 Å². The summed E-state index contributed by atoms with van der Waals surface area (Å²) in [5.41, 5.74) is -1.07. The predicted octanol–water partition coefficient (Wildman–Crippen LogP) is 5.20. The topological polar surface area (TPSA) is 41.5 Å². The zero-order chi connectivity index (χ0) is 17.1. The number of rotatable bonds is 2. The largest absolute Gasteiger partial charge is 0.345 e. The first-order chi connectivity index (χ1) is 10.8. The van der Waals surface area contributed by atoms with Gasteiger partial charge in [0, 0.05) is 6.21 Å². The molecule has 1 N–H and O–H groups in total. The van der Waals surface area contributed by atoms with E-state index in [2.05, 4.69) is 4.99 Å². The van der Waals surface area contributed by atoms with E-state index < -0.39 is 50.6 Å². The molecule has 0 saturated carbocycles. The molecule has 0 saturated heterocycles. The minimum Gasteiger partial charge on any atom is -0.303 e. The fraction of sp³-hybridized carbons (Fsp3) is 0. The van der Waals surface area contributed by atoms with Crippen molar-refractivity contribution in [3.05, 3.63) is 63.1 Å². The molecule has 0 fully saturated rings. The van der Waals surface area contributed by atoms with Crippen molar-refractivity contribution in [1.82, 2.24) is 0 Å². The van der Waals surface area contributed by atoms with Crippen molar-refractivity contribution in [3.8, 4) is 0 Å². The SMILES string of the molecule is O=C(N=Cc1c(F)cccc1F)Nc1cc(Cl)c(F)c(Cl)c1F. The Bertz CT molecular complexity index is 792. The summed E-state index contributed by atoms with van der Waals surface area (Å²) >= 11 is 10.8. The predicted molar refractivity (Wildman–Crippen MR) is 79.3 cm³/mol. The third kappa shape index (κ3) is 3.80.